The molecular formula is C14H20N2OS. The van der Waals surface area contributed by atoms with Gasteiger partial charge in [-0.05, 0) is 20.0 Å². The molecule has 1 aliphatic heterocycles. The van der Waals surface area contributed by atoms with E-state index in [1.807, 2.05) is 0 Å². The molecular weight excluding hydrogens is 244 g/mol. The summed E-state index contributed by atoms with van der Waals surface area (Å²) in [6.45, 7) is 6.65. The molecule has 1 aromatic rings. The fourth-order valence-corrected chi connectivity index (χ4v) is 3.12. The van der Waals surface area contributed by atoms with Gasteiger partial charge in [0.1, 0.15) is 6.61 Å². The van der Waals surface area contributed by atoms with E-state index in [1.54, 1.807) is 11.3 Å². The SMILES string of the molecule is CC1CN(C)CCN1Cc1cc(C#CCO)cs1. The maximum atomic E-state index is 8.67. The number of nitrogens with zero attached hydrogens (tertiary/aromatic N) is 2. The molecule has 1 atom stereocenters. The average Bonchev–Trinajstić information content (AvgIpc) is 2.78. The number of hydrogen-bond donors (Lipinski definition) is 1. The molecule has 0 amide bonds. The summed E-state index contributed by atoms with van der Waals surface area (Å²) < 4.78 is 0. The summed E-state index contributed by atoms with van der Waals surface area (Å²) in [7, 11) is 2.18. The highest BCUT2D eigenvalue weighted by molar-refractivity contribution is 7.10. The first-order valence-electron chi connectivity index (χ1n) is 6.29. The van der Waals surface area contributed by atoms with E-state index in [-0.39, 0.29) is 6.61 Å². The first-order valence-corrected chi connectivity index (χ1v) is 7.16. The Morgan fingerprint density at radius 2 is 2.33 bits per heavy atom. The van der Waals surface area contributed by atoms with Crippen molar-refractivity contribution in [3.8, 4) is 11.8 Å². The van der Waals surface area contributed by atoms with Gasteiger partial charge < -0.3 is 10.0 Å². The fraction of sp³-hybridized carbons (Fsp3) is 0.571. The minimum absolute atomic E-state index is 0.0688. The maximum absolute atomic E-state index is 8.67. The van der Waals surface area contributed by atoms with E-state index >= 15 is 0 Å². The number of aliphatic hydroxyl groups is 1. The van der Waals surface area contributed by atoms with E-state index < -0.39 is 0 Å². The molecule has 1 fully saturated rings. The van der Waals surface area contributed by atoms with E-state index in [1.165, 1.54) is 4.88 Å². The summed E-state index contributed by atoms with van der Waals surface area (Å²) in [6.07, 6.45) is 0. The van der Waals surface area contributed by atoms with E-state index in [0.717, 1.165) is 31.7 Å². The van der Waals surface area contributed by atoms with Crippen molar-refractivity contribution in [1.29, 1.82) is 0 Å². The zero-order valence-corrected chi connectivity index (χ0v) is 11.8. The number of piperazine rings is 1. The van der Waals surface area contributed by atoms with Crippen molar-refractivity contribution in [3.63, 3.8) is 0 Å². The number of rotatable bonds is 2. The molecule has 2 rings (SSSR count). The summed E-state index contributed by atoms with van der Waals surface area (Å²) in [6, 6.07) is 2.75. The first kappa shape index (κ1) is 13.6. The van der Waals surface area contributed by atoms with Gasteiger partial charge in [0.2, 0.25) is 0 Å². The number of likely N-dealkylation sites (N-methyl/N-ethyl adjacent to an activating group) is 1. The van der Waals surface area contributed by atoms with E-state index in [2.05, 4.69) is 47.1 Å². The molecule has 1 N–H and O–H groups in total. The quantitative estimate of drug-likeness (QED) is 0.814. The van der Waals surface area contributed by atoms with Crippen molar-refractivity contribution in [2.75, 3.05) is 33.3 Å². The van der Waals surface area contributed by atoms with Crippen LogP contribution in [0.2, 0.25) is 0 Å². The Labute approximate surface area is 113 Å². The van der Waals surface area contributed by atoms with Gasteiger partial charge in [-0.2, -0.15) is 0 Å². The van der Waals surface area contributed by atoms with E-state index in [9.17, 15) is 0 Å². The molecule has 0 radical (unpaired) electrons. The molecule has 3 nitrogen and oxygen atoms in total. The summed E-state index contributed by atoms with van der Waals surface area (Å²) in [5.74, 6) is 5.64. The highest BCUT2D eigenvalue weighted by Gasteiger charge is 2.21. The fourth-order valence-electron chi connectivity index (χ4n) is 2.28. The Hall–Kier alpha value is -0.860. The van der Waals surface area contributed by atoms with Gasteiger partial charge in [-0.15, -0.1) is 11.3 Å². The standard InChI is InChI=1S/C14H20N2OS/c1-12-9-15(2)5-6-16(12)10-14-8-13(11-18-14)4-3-7-17/h8,11-12,17H,5-7,9-10H2,1-2H3. The molecule has 1 unspecified atom stereocenters. The zero-order chi connectivity index (χ0) is 13.0. The van der Waals surface area contributed by atoms with Crippen LogP contribution in [0.25, 0.3) is 0 Å². The highest BCUT2D eigenvalue weighted by Crippen LogP contribution is 2.19. The highest BCUT2D eigenvalue weighted by atomic mass is 32.1. The predicted octanol–water partition coefficient (Wildman–Crippen LogP) is 1.23. The second kappa shape index (κ2) is 6.35. The summed E-state index contributed by atoms with van der Waals surface area (Å²) >= 11 is 1.76. The second-order valence-corrected chi connectivity index (χ2v) is 5.84. The van der Waals surface area contributed by atoms with Gasteiger partial charge in [0.15, 0.2) is 0 Å². The number of hydrogen-bond acceptors (Lipinski definition) is 4. The van der Waals surface area contributed by atoms with Crippen LogP contribution in [0.4, 0.5) is 0 Å². The first-order chi connectivity index (χ1) is 8.69. The molecule has 0 aromatic carbocycles. The molecule has 0 aliphatic carbocycles. The molecule has 1 saturated heterocycles. The third kappa shape index (κ3) is 3.56. The van der Waals surface area contributed by atoms with E-state index in [4.69, 9.17) is 5.11 Å². The van der Waals surface area contributed by atoms with Crippen LogP contribution in [0.5, 0.6) is 0 Å². The Morgan fingerprint density at radius 1 is 1.50 bits per heavy atom. The van der Waals surface area contributed by atoms with Gasteiger partial charge in [0.05, 0.1) is 0 Å². The Balaban J connectivity index is 1.95. The molecule has 0 saturated carbocycles. The van der Waals surface area contributed by atoms with Gasteiger partial charge in [0, 0.05) is 48.0 Å². The summed E-state index contributed by atoms with van der Waals surface area (Å²) in [5, 5.41) is 10.7. The van der Waals surface area contributed by atoms with Crippen molar-refractivity contribution >= 4 is 11.3 Å². The van der Waals surface area contributed by atoms with Crippen molar-refractivity contribution in [2.45, 2.75) is 19.5 Å². The van der Waals surface area contributed by atoms with Crippen LogP contribution in [0, 0.1) is 11.8 Å². The lowest BCUT2D eigenvalue weighted by Gasteiger charge is -2.37. The van der Waals surface area contributed by atoms with Crippen LogP contribution < -0.4 is 0 Å². The van der Waals surface area contributed by atoms with Crippen molar-refractivity contribution in [1.82, 2.24) is 9.80 Å². The van der Waals surface area contributed by atoms with Gasteiger partial charge in [-0.25, -0.2) is 0 Å². The van der Waals surface area contributed by atoms with E-state index in [0.29, 0.717) is 6.04 Å². The molecule has 1 aliphatic rings. The van der Waals surface area contributed by atoms with Gasteiger partial charge >= 0.3 is 0 Å². The molecule has 0 spiro atoms. The summed E-state index contributed by atoms with van der Waals surface area (Å²) in [4.78, 5) is 6.26. The lowest BCUT2D eigenvalue weighted by atomic mass is 10.2. The van der Waals surface area contributed by atoms with Crippen molar-refractivity contribution in [2.24, 2.45) is 0 Å². The summed E-state index contributed by atoms with van der Waals surface area (Å²) in [5.41, 5.74) is 1.02. The number of thiophene rings is 1. The normalized spacial score (nSPS) is 21.6. The average molecular weight is 264 g/mol. The largest absolute Gasteiger partial charge is 0.384 e. The monoisotopic (exact) mass is 264 g/mol. The Kier molecular flexibility index (Phi) is 4.79. The van der Waals surface area contributed by atoms with Crippen LogP contribution in [-0.4, -0.2) is 54.2 Å². The third-order valence-electron chi connectivity index (χ3n) is 3.29. The third-order valence-corrected chi connectivity index (χ3v) is 4.21. The van der Waals surface area contributed by atoms with Crippen molar-refractivity contribution in [3.05, 3.63) is 21.9 Å². The maximum Gasteiger partial charge on any atom is 0.104 e. The minimum Gasteiger partial charge on any atom is -0.384 e. The zero-order valence-electron chi connectivity index (χ0n) is 11.0. The Morgan fingerprint density at radius 3 is 3.06 bits per heavy atom. The van der Waals surface area contributed by atoms with Gasteiger partial charge in [0.25, 0.3) is 0 Å². The van der Waals surface area contributed by atoms with Gasteiger partial charge in [-0.3, -0.25) is 4.90 Å². The number of aliphatic hydroxyl groups excluding tert-OH is 1. The molecule has 18 heavy (non-hydrogen) atoms. The lowest BCUT2D eigenvalue weighted by Crippen LogP contribution is -2.49. The molecule has 2 heterocycles. The van der Waals surface area contributed by atoms with Crippen LogP contribution in [0.15, 0.2) is 11.4 Å². The predicted molar refractivity (Wildman–Crippen MR) is 75.7 cm³/mol. The topological polar surface area (TPSA) is 26.7 Å². The molecule has 4 heteroatoms. The lowest BCUT2D eigenvalue weighted by molar-refractivity contribution is 0.0947. The van der Waals surface area contributed by atoms with Crippen LogP contribution in [-0.2, 0) is 6.54 Å². The second-order valence-electron chi connectivity index (χ2n) is 4.84. The molecule has 1 aromatic heterocycles. The van der Waals surface area contributed by atoms with Crippen LogP contribution in [0.1, 0.15) is 17.4 Å². The van der Waals surface area contributed by atoms with Gasteiger partial charge in [-0.1, -0.05) is 11.8 Å². The van der Waals surface area contributed by atoms with Crippen molar-refractivity contribution < 1.29 is 5.11 Å². The minimum atomic E-state index is -0.0688. The Bertz CT molecular complexity index is 446. The smallest absolute Gasteiger partial charge is 0.104 e. The molecule has 98 valence electrons. The van der Waals surface area contributed by atoms with Crippen LogP contribution in [0.3, 0.4) is 0 Å². The van der Waals surface area contributed by atoms with Crippen LogP contribution >= 0.6 is 11.3 Å². The molecule has 0 bridgehead atoms.